The first-order chi connectivity index (χ1) is 17.0. The van der Waals surface area contributed by atoms with Crippen LogP contribution in [0.4, 0.5) is 0 Å². The van der Waals surface area contributed by atoms with E-state index in [2.05, 4.69) is 26.8 Å². The van der Waals surface area contributed by atoms with Gasteiger partial charge in [-0.1, -0.05) is 48.0 Å². The second kappa shape index (κ2) is 10.6. The molecule has 1 aromatic carbocycles. The van der Waals surface area contributed by atoms with Crippen LogP contribution < -0.4 is 5.32 Å². The molecule has 35 heavy (non-hydrogen) atoms. The van der Waals surface area contributed by atoms with Gasteiger partial charge < -0.3 is 15.2 Å². The summed E-state index contributed by atoms with van der Waals surface area (Å²) in [6.07, 6.45) is 4.06. The molecule has 2 N–H and O–H groups in total. The van der Waals surface area contributed by atoms with Crippen LogP contribution in [-0.2, 0) is 30.5 Å². The first-order valence-electron chi connectivity index (χ1n) is 10.1. The van der Waals surface area contributed by atoms with E-state index in [1.54, 1.807) is 30.3 Å². The summed E-state index contributed by atoms with van der Waals surface area (Å²) in [6.45, 7) is 0.331. The number of carbonyl (C=O) groups excluding carboxylic acids is 3. The molecule has 0 radical (unpaired) electrons. The van der Waals surface area contributed by atoms with Crippen LogP contribution in [0.25, 0.3) is 0 Å². The summed E-state index contributed by atoms with van der Waals surface area (Å²) in [5.41, 5.74) is 0.828. The van der Waals surface area contributed by atoms with Crippen molar-refractivity contribution in [3.8, 4) is 12.3 Å². The Bertz CT molecular complexity index is 1230. The number of carbonyl (C=O) groups is 4. The van der Waals surface area contributed by atoms with Crippen LogP contribution in [0.2, 0.25) is 0 Å². The third-order valence-electron chi connectivity index (χ3n) is 5.20. The molecular weight excluding hydrogens is 496 g/mol. The number of benzene rings is 1. The Labute approximate surface area is 207 Å². The maximum atomic E-state index is 12.9. The Morgan fingerprint density at radius 3 is 2.86 bits per heavy atom. The van der Waals surface area contributed by atoms with Crippen molar-refractivity contribution in [3.63, 3.8) is 0 Å². The van der Waals surface area contributed by atoms with Crippen LogP contribution in [0.15, 0.2) is 46.8 Å². The van der Waals surface area contributed by atoms with Gasteiger partial charge in [0.05, 0.1) is 0 Å². The number of tetrazole rings is 1. The molecule has 14 heteroatoms. The quantitative estimate of drug-likeness (QED) is 0.191. The van der Waals surface area contributed by atoms with Crippen molar-refractivity contribution < 1.29 is 29.0 Å². The van der Waals surface area contributed by atoms with Crippen molar-refractivity contribution in [1.29, 1.82) is 0 Å². The third-order valence-corrected chi connectivity index (χ3v) is 7.58. The van der Waals surface area contributed by atoms with E-state index in [0.29, 0.717) is 22.0 Å². The summed E-state index contributed by atoms with van der Waals surface area (Å²) in [5.74, 6) is 0.490. The monoisotopic (exact) mass is 514 g/mol. The highest BCUT2D eigenvalue weighted by molar-refractivity contribution is 8.01. The fraction of sp³-hybridized carbons (Fsp3) is 0.286. The number of aliphatic carboxylic acids is 1. The number of terminal acetylenes is 1. The zero-order chi connectivity index (χ0) is 24.9. The van der Waals surface area contributed by atoms with Crippen molar-refractivity contribution in [3.05, 3.63) is 47.2 Å². The van der Waals surface area contributed by atoms with Crippen LogP contribution >= 0.6 is 23.5 Å². The SMILES string of the molecule is C#CCn1nnnc1SCC1=C(C(=O)O)N2C(=O)C(NC(=O)C(OC=O)c3ccccc3)[C@H]2SC1. The number of hydrogen-bond acceptors (Lipinski definition) is 10. The number of amides is 2. The van der Waals surface area contributed by atoms with Gasteiger partial charge in [-0.2, -0.15) is 0 Å². The third kappa shape index (κ3) is 4.86. The second-order valence-electron chi connectivity index (χ2n) is 7.29. The number of β-lactam (4-membered cyclic amide) rings is 1. The van der Waals surface area contributed by atoms with E-state index in [-0.39, 0.29) is 24.5 Å². The summed E-state index contributed by atoms with van der Waals surface area (Å²) in [5, 5.41) is 23.5. The number of carboxylic acid groups (broad SMARTS) is 1. The van der Waals surface area contributed by atoms with E-state index in [1.165, 1.54) is 33.1 Å². The number of nitrogens with one attached hydrogen (secondary N) is 1. The highest BCUT2D eigenvalue weighted by Gasteiger charge is 2.54. The summed E-state index contributed by atoms with van der Waals surface area (Å²) in [4.78, 5) is 49.9. The van der Waals surface area contributed by atoms with Crippen LogP contribution in [-0.4, -0.2) is 77.4 Å². The first-order valence-corrected chi connectivity index (χ1v) is 12.2. The van der Waals surface area contributed by atoms with Crippen molar-refractivity contribution in [2.45, 2.75) is 29.2 Å². The molecule has 1 aromatic heterocycles. The molecule has 4 rings (SSSR count). The minimum Gasteiger partial charge on any atom is -0.477 e. The van der Waals surface area contributed by atoms with Crippen LogP contribution in [0.1, 0.15) is 11.7 Å². The molecule has 180 valence electrons. The Balaban J connectivity index is 1.48. The summed E-state index contributed by atoms with van der Waals surface area (Å²) in [6, 6.07) is 7.40. The number of hydrogen-bond donors (Lipinski definition) is 2. The number of thioether (sulfide) groups is 2. The minimum absolute atomic E-state index is 0.128. The molecule has 0 spiro atoms. The van der Waals surface area contributed by atoms with Gasteiger partial charge >= 0.3 is 5.97 Å². The molecule has 1 fully saturated rings. The Morgan fingerprint density at radius 1 is 1.40 bits per heavy atom. The van der Waals surface area contributed by atoms with Crippen LogP contribution in [0.5, 0.6) is 0 Å². The lowest BCUT2D eigenvalue weighted by molar-refractivity contribution is -0.154. The molecule has 3 atom stereocenters. The molecule has 1 saturated heterocycles. The molecule has 2 aliphatic heterocycles. The maximum absolute atomic E-state index is 12.9. The van der Waals surface area contributed by atoms with Gasteiger partial charge in [0.1, 0.15) is 23.7 Å². The molecule has 2 aromatic rings. The van der Waals surface area contributed by atoms with E-state index < -0.39 is 35.3 Å². The fourth-order valence-electron chi connectivity index (χ4n) is 3.64. The smallest absolute Gasteiger partial charge is 0.352 e. The Kier molecular flexibility index (Phi) is 7.37. The number of fused-ring (bicyclic) bond motifs is 1. The predicted octanol–water partition coefficient (Wildman–Crippen LogP) is 0.0513. The number of ether oxygens (including phenoxy) is 1. The summed E-state index contributed by atoms with van der Waals surface area (Å²) >= 11 is 2.53. The van der Waals surface area contributed by atoms with Crippen LogP contribution in [0, 0.1) is 12.3 Å². The molecule has 0 aliphatic carbocycles. The summed E-state index contributed by atoms with van der Waals surface area (Å²) < 4.78 is 6.35. The Hall–Kier alpha value is -3.83. The minimum atomic E-state index is -1.25. The highest BCUT2D eigenvalue weighted by atomic mass is 32.2. The molecule has 2 unspecified atom stereocenters. The average Bonchev–Trinajstić information content (AvgIpc) is 3.31. The zero-order valence-corrected chi connectivity index (χ0v) is 19.6. The standard InChI is InChI=1S/C21H18N6O6S2/c1-2-8-26-21(23-24-25-26)35-10-13-9-34-19-14(18(30)27(19)15(13)20(31)32)22-17(29)16(33-11-28)12-6-4-3-5-7-12/h1,3-7,11,14,16,19H,8-10H2,(H,22,29)(H,31,32)/t14?,16?,19-/m1/s1. The first kappa shape index (κ1) is 24.3. The van der Waals surface area contributed by atoms with E-state index in [1.807, 2.05) is 0 Å². The second-order valence-corrected chi connectivity index (χ2v) is 9.34. The van der Waals surface area contributed by atoms with Crippen molar-refractivity contribution >= 4 is 47.8 Å². The van der Waals surface area contributed by atoms with Crippen LogP contribution in [0.3, 0.4) is 0 Å². The van der Waals surface area contributed by atoms with Gasteiger partial charge in [-0.15, -0.1) is 23.3 Å². The molecule has 2 amide bonds. The van der Waals surface area contributed by atoms with Gasteiger partial charge in [0.2, 0.25) is 11.3 Å². The van der Waals surface area contributed by atoms with E-state index in [0.717, 1.165) is 0 Å². The van der Waals surface area contributed by atoms with E-state index in [9.17, 15) is 24.3 Å². The lowest BCUT2D eigenvalue weighted by Crippen LogP contribution is -2.71. The van der Waals surface area contributed by atoms with Gasteiger partial charge in [-0.25, -0.2) is 9.48 Å². The molecule has 3 heterocycles. The van der Waals surface area contributed by atoms with E-state index in [4.69, 9.17) is 11.2 Å². The lowest BCUT2D eigenvalue weighted by atomic mass is 10.0. The summed E-state index contributed by atoms with van der Waals surface area (Å²) in [7, 11) is 0. The normalized spacial score (nSPS) is 19.7. The molecule has 12 nitrogen and oxygen atoms in total. The van der Waals surface area contributed by atoms with Gasteiger partial charge in [0.25, 0.3) is 18.3 Å². The maximum Gasteiger partial charge on any atom is 0.352 e. The average molecular weight is 515 g/mol. The molecular formula is C21H18N6O6S2. The van der Waals surface area contributed by atoms with Gasteiger partial charge in [-0.05, 0) is 16.0 Å². The topological polar surface area (TPSA) is 157 Å². The number of aromatic nitrogens is 4. The zero-order valence-electron chi connectivity index (χ0n) is 17.9. The molecule has 0 saturated carbocycles. The number of rotatable bonds is 10. The lowest BCUT2D eigenvalue weighted by Gasteiger charge is -2.49. The predicted molar refractivity (Wildman–Crippen MR) is 123 cm³/mol. The van der Waals surface area contributed by atoms with Gasteiger partial charge in [0.15, 0.2) is 0 Å². The van der Waals surface area contributed by atoms with E-state index >= 15 is 0 Å². The Morgan fingerprint density at radius 2 is 2.17 bits per heavy atom. The number of carboxylic acids is 1. The fourth-order valence-corrected chi connectivity index (χ4v) is 6.00. The van der Waals surface area contributed by atoms with Crippen molar-refractivity contribution in [1.82, 2.24) is 30.4 Å². The largest absolute Gasteiger partial charge is 0.477 e. The molecule has 0 bridgehead atoms. The van der Waals surface area contributed by atoms with Crippen molar-refractivity contribution in [2.75, 3.05) is 11.5 Å². The van der Waals surface area contributed by atoms with Crippen molar-refractivity contribution in [2.24, 2.45) is 0 Å². The number of nitrogens with zero attached hydrogens (tertiary/aromatic N) is 5. The van der Waals surface area contributed by atoms with Gasteiger partial charge in [-0.3, -0.25) is 19.3 Å². The van der Waals surface area contributed by atoms with Gasteiger partial charge in [0, 0.05) is 17.1 Å². The highest BCUT2D eigenvalue weighted by Crippen LogP contribution is 2.41. The molecule has 2 aliphatic rings.